The van der Waals surface area contributed by atoms with Crippen molar-refractivity contribution in [3.8, 4) is 11.5 Å². The molecule has 0 atom stereocenters. The number of ether oxygens (including phenoxy) is 3. The van der Waals surface area contributed by atoms with E-state index >= 15 is 0 Å². The van der Waals surface area contributed by atoms with Gasteiger partial charge >= 0.3 is 0 Å². The van der Waals surface area contributed by atoms with Crippen molar-refractivity contribution in [2.75, 3.05) is 45.8 Å². The monoisotopic (exact) mass is 525 g/mol. The molecule has 1 fully saturated rings. The molecule has 0 saturated carbocycles. The average Bonchev–Trinajstić information content (AvgIpc) is 2.78. The first-order valence-electron chi connectivity index (χ1n) is 10.1. The summed E-state index contributed by atoms with van der Waals surface area (Å²) in [5.41, 5.74) is 2.22. The quantitative estimate of drug-likeness (QED) is 0.318. The van der Waals surface area contributed by atoms with Crippen molar-refractivity contribution in [3.05, 3.63) is 54.1 Å². The Labute approximate surface area is 196 Å². The molecule has 0 amide bonds. The van der Waals surface area contributed by atoms with Crippen LogP contribution in [0.5, 0.6) is 11.5 Å². The number of nitrogens with one attached hydrogen (secondary N) is 2. The summed E-state index contributed by atoms with van der Waals surface area (Å²) in [6.07, 6.45) is 1.94. The van der Waals surface area contributed by atoms with E-state index in [1.54, 1.807) is 14.2 Å². The molecule has 0 bridgehead atoms. The van der Waals surface area contributed by atoms with E-state index < -0.39 is 0 Å². The first-order valence-corrected chi connectivity index (χ1v) is 10.1. The Morgan fingerprint density at radius 3 is 2.37 bits per heavy atom. The minimum absolute atomic E-state index is 0. The summed E-state index contributed by atoms with van der Waals surface area (Å²) in [7, 11) is 3.27. The lowest BCUT2D eigenvalue weighted by molar-refractivity contribution is 0.0531. The number of rotatable bonds is 7. The Hall–Kier alpha value is -2.00. The zero-order valence-electron chi connectivity index (χ0n) is 17.9. The first-order chi connectivity index (χ1) is 14.2. The zero-order valence-corrected chi connectivity index (χ0v) is 20.3. The van der Waals surface area contributed by atoms with E-state index in [-0.39, 0.29) is 29.4 Å². The normalized spacial score (nSPS) is 15.6. The summed E-state index contributed by atoms with van der Waals surface area (Å²) < 4.78 is 16.4. The van der Waals surface area contributed by atoms with Gasteiger partial charge in [-0.25, -0.2) is 0 Å². The number of hydrogen-bond donors (Lipinski definition) is 2. The third-order valence-corrected chi connectivity index (χ3v) is 5.37. The Bertz CT molecular complexity index is 809. The van der Waals surface area contributed by atoms with Crippen molar-refractivity contribution < 1.29 is 14.2 Å². The summed E-state index contributed by atoms with van der Waals surface area (Å²) in [5.74, 6) is 2.13. The molecule has 0 aromatic heterocycles. The summed E-state index contributed by atoms with van der Waals surface area (Å²) in [6.45, 7) is 5.07. The van der Waals surface area contributed by atoms with Crippen LogP contribution in [0.3, 0.4) is 0 Å². The van der Waals surface area contributed by atoms with E-state index in [1.165, 1.54) is 5.56 Å². The topological polar surface area (TPSA) is 64.1 Å². The van der Waals surface area contributed by atoms with Gasteiger partial charge in [0.2, 0.25) is 0 Å². The third kappa shape index (κ3) is 6.01. The van der Waals surface area contributed by atoms with Crippen molar-refractivity contribution in [3.63, 3.8) is 0 Å². The molecule has 7 heteroatoms. The fraction of sp³-hybridized carbons (Fsp3) is 0.435. The molecule has 0 spiro atoms. The molecule has 30 heavy (non-hydrogen) atoms. The third-order valence-electron chi connectivity index (χ3n) is 5.37. The zero-order chi connectivity index (χ0) is 20.5. The Morgan fingerprint density at radius 1 is 1.03 bits per heavy atom. The van der Waals surface area contributed by atoms with Crippen LogP contribution in [0.4, 0.5) is 5.69 Å². The van der Waals surface area contributed by atoms with Crippen molar-refractivity contribution in [2.24, 2.45) is 4.99 Å². The molecule has 1 heterocycles. The van der Waals surface area contributed by atoms with E-state index in [1.807, 2.05) is 18.2 Å². The van der Waals surface area contributed by atoms with Crippen molar-refractivity contribution in [1.82, 2.24) is 5.32 Å². The van der Waals surface area contributed by atoms with E-state index in [4.69, 9.17) is 19.2 Å². The highest BCUT2D eigenvalue weighted by Crippen LogP contribution is 2.35. The smallest absolute Gasteiger partial charge is 0.195 e. The second-order valence-electron chi connectivity index (χ2n) is 7.15. The van der Waals surface area contributed by atoms with Crippen molar-refractivity contribution >= 4 is 35.6 Å². The molecule has 2 aromatic carbocycles. The van der Waals surface area contributed by atoms with Gasteiger partial charge in [0, 0.05) is 36.9 Å². The number of halogens is 1. The molecular weight excluding hydrogens is 493 g/mol. The van der Waals surface area contributed by atoms with E-state index in [0.29, 0.717) is 18.0 Å². The van der Waals surface area contributed by atoms with Gasteiger partial charge in [-0.15, -0.1) is 24.0 Å². The molecule has 6 nitrogen and oxygen atoms in total. The molecule has 0 unspecified atom stereocenters. The molecule has 2 N–H and O–H groups in total. The minimum atomic E-state index is -0.000536. The number of methoxy groups -OCH3 is 2. The van der Waals surface area contributed by atoms with E-state index in [2.05, 4.69) is 47.9 Å². The van der Waals surface area contributed by atoms with Crippen molar-refractivity contribution in [1.29, 1.82) is 0 Å². The van der Waals surface area contributed by atoms with E-state index in [9.17, 15) is 0 Å². The molecule has 3 rings (SSSR count). The summed E-state index contributed by atoms with van der Waals surface area (Å²) >= 11 is 0. The maximum absolute atomic E-state index is 5.64. The lowest BCUT2D eigenvalue weighted by Crippen LogP contribution is -2.39. The van der Waals surface area contributed by atoms with Gasteiger partial charge in [0.1, 0.15) is 0 Å². The number of anilines is 1. The van der Waals surface area contributed by atoms with Gasteiger partial charge in [0.15, 0.2) is 17.5 Å². The van der Waals surface area contributed by atoms with Crippen LogP contribution < -0.4 is 20.1 Å². The Kier molecular flexibility index (Phi) is 9.71. The molecule has 1 aliphatic rings. The van der Waals surface area contributed by atoms with Crippen LogP contribution in [0, 0.1) is 0 Å². The van der Waals surface area contributed by atoms with Gasteiger partial charge < -0.3 is 24.8 Å². The summed E-state index contributed by atoms with van der Waals surface area (Å²) in [6, 6.07) is 16.4. The fourth-order valence-corrected chi connectivity index (χ4v) is 3.68. The van der Waals surface area contributed by atoms with Crippen LogP contribution in [0.1, 0.15) is 25.3 Å². The van der Waals surface area contributed by atoms with Crippen LogP contribution in [0.15, 0.2) is 53.5 Å². The van der Waals surface area contributed by atoms with Gasteiger partial charge in [0.25, 0.3) is 0 Å². The molecular formula is C23H32IN3O3. The number of nitrogens with zero attached hydrogens (tertiary/aromatic N) is 1. The second-order valence-corrected chi connectivity index (χ2v) is 7.15. The van der Waals surface area contributed by atoms with Gasteiger partial charge in [-0.2, -0.15) is 0 Å². The maximum atomic E-state index is 5.64. The lowest BCUT2D eigenvalue weighted by Gasteiger charge is -2.36. The Balaban J connectivity index is 0.00000320. The highest BCUT2D eigenvalue weighted by molar-refractivity contribution is 14.0. The van der Waals surface area contributed by atoms with Gasteiger partial charge in [-0.1, -0.05) is 30.3 Å². The van der Waals surface area contributed by atoms with Gasteiger partial charge in [0.05, 0.1) is 20.8 Å². The predicted molar refractivity (Wildman–Crippen MR) is 133 cm³/mol. The molecule has 0 radical (unpaired) electrons. The standard InChI is InChI=1S/C23H31N3O3.HI/c1-4-24-22(26-19-10-11-20(27-2)21(16-19)28-3)25-17-23(12-14-29-15-13-23)18-8-6-5-7-9-18;/h5-11,16H,4,12-15,17H2,1-3H3,(H2,24,25,26);1H. The van der Waals surface area contributed by atoms with Crippen LogP contribution in [-0.2, 0) is 10.2 Å². The molecule has 1 aliphatic heterocycles. The number of hydrogen-bond acceptors (Lipinski definition) is 4. The molecule has 2 aromatic rings. The van der Waals surface area contributed by atoms with Crippen molar-refractivity contribution in [2.45, 2.75) is 25.2 Å². The lowest BCUT2D eigenvalue weighted by atomic mass is 9.74. The van der Waals surface area contributed by atoms with Gasteiger partial charge in [-0.3, -0.25) is 4.99 Å². The number of guanidine groups is 1. The predicted octanol–water partition coefficient (Wildman–Crippen LogP) is 4.45. The van der Waals surface area contributed by atoms with Crippen LogP contribution in [-0.4, -0.2) is 46.5 Å². The molecule has 164 valence electrons. The maximum Gasteiger partial charge on any atom is 0.195 e. The molecule has 0 aliphatic carbocycles. The van der Waals surface area contributed by atoms with Gasteiger partial charge in [-0.05, 0) is 37.5 Å². The van der Waals surface area contributed by atoms with Crippen LogP contribution in [0.25, 0.3) is 0 Å². The second kappa shape index (κ2) is 12.0. The number of aliphatic imine (C=N–C) groups is 1. The highest BCUT2D eigenvalue weighted by atomic mass is 127. The largest absolute Gasteiger partial charge is 0.493 e. The van der Waals surface area contributed by atoms with Crippen LogP contribution in [0.2, 0.25) is 0 Å². The van der Waals surface area contributed by atoms with E-state index in [0.717, 1.165) is 44.2 Å². The SMILES string of the molecule is CCNC(=NCC1(c2ccccc2)CCOCC1)Nc1ccc(OC)c(OC)c1.I. The summed E-state index contributed by atoms with van der Waals surface area (Å²) in [4.78, 5) is 4.95. The molecule has 1 saturated heterocycles. The average molecular weight is 525 g/mol. The first kappa shape index (κ1) is 24.3. The Morgan fingerprint density at radius 2 is 1.73 bits per heavy atom. The van der Waals surface area contributed by atoms with Crippen LogP contribution >= 0.6 is 24.0 Å². The highest BCUT2D eigenvalue weighted by Gasteiger charge is 2.34. The number of benzene rings is 2. The minimum Gasteiger partial charge on any atom is -0.493 e. The fourth-order valence-electron chi connectivity index (χ4n) is 3.68. The summed E-state index contributed by atoms with van der Waals surface area (Å²) in [5, 5.41) is 6.73.